The van der Waals surface area contributed by atoms with Crippen LogP contribution in [-0.2, 0) is 20.9 Å². The van der Waals surface area contributed by atoms with Crippen LogP contribution < -0.4 is 10.1 Å². The van der Waals surface area contributed by atoms with Crippen LogP contribution in [0.25, 0.3) is 0 Å². The van der Waals surface area contributed by atoms with Crippen molar-refractivity contribution in [2.24, 2.45) is 5.92 Å². The van der Waals surface area contributed by atoms with Crippen molar-refractivity contribution in [1.82, 2.24) is 9.80 Å². The van der Waals surface area contributed by atoms with Gasteiger partial charge >= 0.3 is 0 Å². The predicted octanol–water partition coefficient (Wildman–Crippen LogP) is 2.14. The molecule has 3 amide bonds. The lowest BCUT2D eigenvalue weighted by Crippen LogP contribution is -2.39. The van der Waals surface area contributed by atoms with Crippen molar-refractivity contribution in [3.05, 3.63) is 60.2 Å². The van der Waals surface area contributed by atoms with Gasteiger partial charge in [-0.3, -0.25) is 14.4 Å². The van der Waals surface area contributed by atoms with E-state index in [4.69, 9.17) is 4.74 Å². The summed E-state index contributed by atoms with van der Waals surface area (Å²) in [5.74, 6) is -0.259. The molecule has 1 saturated heterocycles. The Hall–Kier alpha value is -3.35. The highest BCUT2D eigenvalue weighted by Crippen LogP contribution is 2.22. The van der Waals surface area contributed by atoms with Gasteiger partial charge in [0.1, 0.15) is 5.75 Å². The molecule has 1 heterocycles. The summed E-state index contributed by atoms with van der Waals surface area (Å²) in [6.07, 6.45) is 0.177. The maximum absolute atomic E-state index is 12.7. The molecular formula is C22H25N3O4. The normalized spacial score (nSPS) is 15.9. The maximum Gasteiger partial charge on any atom is 0.243 e. The van der Waals surface area contributed by atoms with E-state index in [0.29, 0.717) is 24.5 Å². The van der Waals surface area contributed by atoms with E-state index < -0.39 is 5.92 Å². The Morgan fingerprint density at radius 1 is 1.14 bits per heavy atom. The van der Waals surface area contributed by atoms with E-state index in [1.54, 1.807) is 43.3 Å². The van der Waals surface area contributed by atoms with Crippen molar-refractivity contribution >= 4 is 23.4 Å². The van der Waals surface area contributed by atoms with Crippen LogP contribution in [0.3, 0.4) is 0 Å². The first kappa shape index (κ1) is 20.4. The van der Waals surface area contributed by atoms with Gasteiger partial charge < -0.3 is 19.9 Å². The topological polar surface area (TPSA) is 79.0 Å². The van der Waals surface area contributed by atoms with E-state index >= 15 is 0 Å². The van der Waals surface area contributed by atoms with Crippen LogP contribution >= 0.6 is 0 Å². The lowest BCUT2D eigenvalue weighted by atomic mass is 10.1. The summed E-state index contributed by atoms with van der Waals surface area (Å²) in [5.41, 5.74) is 1.66. The van der Waals surface area contributed by atoms with Crippen molar-refractivity contribution in [1.29, 1.82) is 0 Å². The van der Waals surface area contributed by atoms with Gasteiger partial charge in [-0.25, -0.2) is 0 Å². The number of rotatable bonds is 7. The van der Waals surface area contributed by atoms with Crippen molar-refractivity contribution < 1.29 is 19.1 Å². The van der Waals surface area contributed by atoms with Gasteiger partial charge in [0.2, 0.25) is 17.7 Å². The Morgan fingerprint density at radius 2 is 1.83 bits per heavy atom. The number of amides is 3. The zero-order valence-corrected chi connectivity index (χ0v) is 16.6. The molecule has 0 spiro atoms. The summed E-state index contributed by atoms with van der Waals surface area (Å²) in [6, 6.07) is 16.6. The van der Waals surface area contributed by atoms with Gasteiger partial charge in [0, 0.05) is 32.2 Å². The Bertz CT molecular complexity index is 867. The number of ether oxygens (including phenoxy) is 1. The second-order valence-electron chi connectivity index (χ2n) is 7.13. The number of anilines is 1. The molecule has 0 saturated carbocycles. The number of hydrogen-bond acceptors (Lipinski definition) is 4. The summed E-state index contributed by atoms with van der Waals surface area (Å²) in [4.78, 5) is 40.3. The number of carbonyl (C=O) groups excluding carboxylic acids is 3. The Balaban J connectivity index is 1.51. The molecule has 1 aliphatic heterocycles. The van der Waals surface area contributed by atoms with Crippen molar-refractivity contribution in [3.63, 3.8) is 0 Å². The highest BCUT2D eigenvalue weighted by molar-refractivity contribution is 5.96. The standard InChI is InChI=1S/C22H25N3O4/c1-24(15-20(26)23-18-8-10-19(29-2)11-9-18)22(28)17-12-21(27)25(14-17)13-16-6-4-3-5-7-16/h3-11,17H,12-15H2,1-2H3,(H,23,26). The summed E-state index contributed by atoms with van der Waals surface area (Å²) in [5, 5.41) is 2.75. The highest BCUT2D eigenvalue weighted by atomic mass is 16.5. The van der Waals surface area contributed by atoms with Crippen LogP contribution in [0.2, 0.25) is 0 Å². The van der Waals surface area contributed by atoms with Crippen LogP contribution in [-0.4, -0.2) is 54.8 Å². The van der Waals surface area contributed by atoms with E-state index in [1.807, 2.05) is 30.3 Å². The molecule has 7 heteroatoms. The number of likely N-dealkylation sites (N-methyl/N-ethyl adjacent to an activating group) is 1. The van der Waals surface area contributed by atoms with Crippen LogP contribution in [0.1, 0.15) is 12.0 Å². The zero-order chi connectivity index (χ0) is 20.8. The fraction of sp³-hybridized carbons (Fsp3) is 0.318. The fourth-order valence-corrected chi connectivity index (χ4v) is 3.37. The van der Waals surface area contributed by atoms with Gasteiger partial charge in [0.25, 0.3) is 0 Å². The monoisotopic (exact) mass is 395 g/mol. The Morgan fingerprint density at radius 3 is 2.48 bits per heavy atom. The van der Waals surface area contributed by atoms with Crippen LogP contribution in [0.5, 0.6) is 5.75 Å². The molecule has 152 valence electrons. The minimum Gasteiger partial charge on any atom is -0.497 e. The smallest absolute Gasteiger partial charge is 0.243 e. The molecule has 1 atom stereocenters. The van der Waals surface area contributed by atoms with E-state index in [-0.39, 0.29) is 30.7 Å². The molecule has 7 nitrogen and oxygen atoms in total. The van der Waals surface area contributed by atoms with Gasteiger partial charge in [-0.05, 0) is 29.8 Å². The van der Waals surface area contributed by atoms with E-state index in [2.05, 4.69) is 5.32 Å². The number of nitrogens with one attached hydrogen (secondary N) is 1. The first-order valence-corrected chi connectivity index (χ1v) is 9.47. The average Bonchev–Trinajstić information content (AvgIpc) is 3.08. The molecule has 29 heavy (non-hydrogen) atoms. The minimum absolute atomic E-state index is 0.0386. The molecule has 1 N–H and O–H groups in total. The highest BCUT2D eigenvalue weighted by Gasteiger charge is 2.35. The van der Waals surface area contributed by atoms with Crippen LogP contribution in [0, 0.1) is 5.92 Å². The van der Waals surface area contributed by atoms with E-state index in [1.165, 1.54) is 4.90 Å². The fourth-order valence-electron chi connectivity index (χ4n) is 3.37. The third kappa shape index (κ3) is 5.34. The molecular weight excluding hydrogens is 370 g/mol. The van der Waals surface area contributed by atoms with Crippen LogP contribution in [0.15, 0.2) is 54.6 Å². The van der Waals surface area contributed by atoms with E-state index in [9.17, 15) is 14.4 Å². The quantitative estimate of drug-likeness (QED) is 0.779. The van der Waals surface area contributed by atoms with Crippen LogP contribution in [0.4, 0.5) is 5.69 Å². The SMILES string of the molecule is COc1ccc(NC(=O)CN(C)C(=O)C2CC(=O)N(Cc3ccccc3)C2)cc1. The zero-order valence-electron chi connectivity index (χ0n) is 16.6. The molecule has 1 aliphatic rings. The Kier molecular flexibility index (Phi) is 6.49. The van der Waals surface area contributed by atoms with Gasteiger partial charge in [-0.15, -0.1) is 0 Å². The molecule has 1 unspecified atom stereocenters. The first-order chi connectivity index (χ1) is 14.0. The molecule has 0 bridgehead atoms. The third-order valence-electron chi connectivity index (χ3n) is 4.91. The van der Waals surface area contributed by atoms with E-state index in [0.717, 1.165) is 5.56 Å². The second kappa shape index (κ2) is 9.23. The first-order valence-electron chi connectivity index (χ1n) is 9.47. The number of hydrogen-bond donors (Lipinski definition) is 1. The minimum atomic E-state index is -0.426. The summed E-state index contributed by atoms with van der Waals surface area (Å²) in [6.45, 7) is 0.788. The van der Waals surface area contributed by atoms with Gasteiger partial charge in [-0.1, -0.05) is 30.3 Å². The number of nitrogens with zero attached hydrogens (tertiary/aromatic N) is 2. The van der Waals surface area contributed by atoms with Gasteiger partial charge in [0.05, 0.1) is 19.6 Å². The number of likely N-dealkylation sites (tertiary alicyclic amines) is 1. The molecule has 2 aromatic rings. The van der Waals surface area contributed by atoms with Crippen molar-refractivity contribution in [2.75, 3.05) is 32.6 Å². The Labute approximate surface area is 170 Å². The lowest BCUT2D eigenvalue weighted by Gasteiger charge is -2.21. The molecule has 2 aromatic carbocycles. The summed E-state index contributed by atoms with van der Waals surface area (Å²) in [7, 11) is 3.16. The maximum atomic E-state index is 12.7. The predicted molar refractivity (Wildman–Crippen MR) is 109 cm³/mol. The average molecular weight is 395 g/mol. The molecule has 1 fully saturated rings. The number of methoxy groups -OCH3 is 1. The second-order valence-corrected chi connectivity index (χ2v) is 7.13. The van der Waals surface area contributed by atoms with Crippen molar-refractivity contribution in [2.45, 2.75) is 13.0 Å². The number of carbonyl (C=O) groups is 3. The summed E-state index contributed by atoms with van der Waals surface area (Å²) >= 11 is 0. The molecule has 3 rings (SSSR count). The van der Waals surface area contributed by atoms with Gasteiger partial charge in [-0.2, -0.15) is 0 Å². The molecule has 0 radical (unpaired) electrons. The third-order valence-corrected chi connectivity index (χ3v) is 4.91. The molecule has 0 aromatic heterocycles. The van der Waals surface area contributed by atoms with Crippen molar-refractivity contribution in [3.8, 4) is 5.75 Å². The number of benzene rings is 2. The lowest BCUT2D eigenvalue weighted by molar-refractivity contribution is -0.137. The summed E-state index contributed by atoms with van der Waals surface area (Å²) < 4.78 is 5.08. The molecule has 0 aliphatic carbocycles. The largest absolute Gasteiger partial charge is 0.497 e. The van der Waals surface area contributed by atoms with Gasteiger partial charge in [0.15, 0.2) is 0 Å².